The fraction of sp³-hybridized carbons (Fsp3) is 0.267. The van der Waals surface area contributed by atoms with Crippen LogP contribution in [-0.2, 0) is 16.1 Å². The molecule has 1 aromatic carbocycles. The first-order chi connectivity index (χ1) is 10.5. The van der Waals surface area contributed by atoms with Gasteiger partial charge in [-0.05, 0) is 26.0 Å². The van der Waals surface area contributed by atoms with Crippen LogP contribution in [0.1, 0.15) is 13.8 Å². The summed E-state index contributed by atoms with van der Waals surface area (Å²) in [5, 5.41) is 9.46. The van der Waals surface area contributed by atoms with E-state index < -0.39 is 17.4 Å². The zero-order chi connectivity index (χ0) is 15.7. The molecule has 7 heteroatoms. The number of hydrogen-bond acceptors (Lipinski definition) is 4. The zero-order valence-electron chi connectivity index (χ0n) is 12.3. The summed E-state index contributed by atoms with van der Waals surface area (Å²) in [4.78, 5) is 24.7. The first kappa shape index (κ1) is 14.1. The lowest BCUT2D eigenvalue weighted by Gasteiger charge is -2.32. The van der Waals surface area contributed by atoms with Gasteiger partial charge < -0.3 is 15.4 Å². The van der Waals surface area contributed by atoms with E-state index in [1.807, 2.05) is 6.92 Å². The van der Waals surface area contributed by atoms with Crippen LogP contribution in [0.15, 0.2) is 36.5 Å². The van der Waals surface area contributed by atoms with Gasteiger partial charge in [-0.15, -0.1) is 0 Å². The molecule has 1 aromatic heterocycles. The number of nitrogens with one attached hydrogen (secondary N) is 2. The van der Waals surface area contributed by atoms with Crippen molar-refractivity contribution in [2.45, 2.75) is 26.0 Å². The molecule has 1 unspecified atom stereocenters. The molecule has 2 N–H and O–H groups in total. The average molecular weight is 300 g/mol. The minimum Gasteiger partial charge on any atom is -0.466 e. The molecule has 1 atom stereocenters. The lowest BCUT2D eigenvalue weighted by molar-refractivity contribution is -0.143. The number of fused-ring (bicyclic) bond motifs is 1. The van der Waals surface area contributed by atoms with Crippen LogP contribution in [0.3, 0.4) is 0 Å². The smallest absolute Gasteiger partial charge is 0.279 e. The van der Waals surface area contributed by atoms with E-state index in [0.29, 0.717) is 23.8 Å². The van der Waals surface area contributed by atoms with Gasteiger partial charge in [0, 0.05) is 18.8 Å². The predicted molar refractivity (Wildman–Crippen MR) is 80.6 cm³/mol. The Kier molecular flexibility index (Phi) is 3.32. The van der Waals surface area contributed by atoms with Crippen molar-refractivity contribution >= 4 is 23.3 Å². The van der Waals surface area contributed by atoms with Gasteiger partial charge in [0.15, 0.2) is 5.82 Å². The van der Waals surface area contributed by atoms with Gasteiger partial charge in [0.25, 0.3) is 17.4 Å². The fourth-order valence-corrected chi connectivity index (χ4v) is 2.16. The summed E-state index contributed by atoms with van der Waals surface area (Å²) < 4.78 is 7.32. The Balaban J connectivity index is 1.83. The third-order valence-corrected chi connectivity index (χ3v) is 3.52. The Morgan fingerprint density at radius 3 is 2.91 bits per heavy atom. The van der Waals surface area contributed by atoms with E-state index in [9.17, 15) is 9.59 Å². The topological polar surface area (TPSA) is 85.3 Å². The fourth-order valence-electron chi connectivity index (χ4n) is 2.16. The summed E-state index contributed by atoms with van der Waals surface area (Å²) in [5.41, 5.74) is -1.10. The minimum absolute atomic E-state index is 0.378. The van der Waals surface area contributed by atoms with Crippen molar-refractivity contribution in [1.82, 2.24) is 9.78 Å². The second kappa shape index (κ2) is 5.18. The Hall–Kier alpha value is -2.83. The van der Waals surface area contributed by atoms with Crippen LogP contribution < -0.4 is 15.4 Å². The Bertz CT molecular complexity index is 740. The van der Waals surface area contributed by atoms with Gasteiger partial charge in [-0.25, -0.2) is 0 Å². The van der Waals surface area contributed by atoms with Gasteiger partial charge in [-0.1, -0.05) is 12.1 Å². The number of anilines is 2. The highest BCUT2D eigenvalue weighted by Crippen LogP contribution is 2.33. The molecular formula is C15H16N4O3. The molecule has 0 spiro atoms. The minimum atomic E-state index is -1.65. The average Bonchev–Trinajstić information content (AvgIpc) is 2.96. The van der Waals surface area contributed by atoms with Gasteiger partial charge in [-0.2, -0.15) is 5.10 Å². The SMILES string of the molecule is CCn1ccc(NC(=O)C2(C)Oc3ccccc3NC2=O)n1. The standard InChI is InChI=1S/C15H16N4O3/c1-3-19-9-8-12(18-19)17-14(21)15(2)13(20)16-10-6-4-5-7-11(10)22-15/h4-9H,3H2,1-2H3,(H,16,20)(H,17,18,21). The molecule has 2 heterocycles. The summed E-state index contributed by atoms with van der Waals surface area (Å²) in [6.07, 6.45) is 1.75. The number of nitrogens with zero attached hydrogens (tertiary/aromatic N) is 2. The molecule has 7 nitrogen and oxygen atoms in total. The van der Waals surface area contributed by atoms with Crippen LogP contribution in [0.5, 0.6) is 5.75 Å². The third-order valence-electron chi connectivity index (χ3n) is 3.52. The van der Waals surface area contributed by atoms with Crippen LogP contribution in [0.25, 0.3) is 0 Å². The summed E-state index contributed by atoms with van der Waals surface area (Å²) in [6, 6.07) is 8.64. The van der Waals surface area contributed by atoms with Crippen molar-refractivity contribution in [2.24, 2.45) is 0 Å². The summed E-state index contributed by atoms with van der Waals surface area (Å²) in [6.45, 7) is 4.07. The third kappa shape index (κ3) is 2.30. The highest BCUT2D eigenvalue weighted by Gasteiger charge is 2.47. The molecule has 0 bridgehead atoms. The van der Waals surface area contributed by atoms with Crippen molar-refractivity contribution in [2.75, 3.05) is 10.6 Å². The number of amides is 2. The van der Waals surface area contributed by atoms with E-state index in [4.69, 9.17) is 4.74 Å². The summed E-state index contributed by atoms with van der Waals surface area (Å²) in [5.74, 6) is -0.248. The van der Waals surface area contributed by atoms with E-state index in [1.165, 1.54) is 6.92 Å². The predicted octanol–water partition coefficient (Wildman–Crippen LogP) is 1.63. The van der Waals surface area contributed by atoms with E-state index >= 15 is 0 Å². The number of para-hydroxylation sites is 2. The van der Waals surface area contributed by atoms with Crippen LogP contribution in [0, 0.1) is 0 Å². The van der Waals surface area contributed by atoms with Crippen LogP contribution >= 0.6 is 0 Å². The van der Waals surface area contributed by atoms with Crippen molar-refractivity contribution in [3.8, 4) is 5.75 Å². The largest absolute Gasteiger partial charge is 0.466 e. The number of carbonyl (C=O) groups is 2. The molecule has 114 valence electrons. The normalized spacial score (nSPS) is 19.8. The quantitative estimate of drug-likeness (QED) is 0.844. The maximum Gasteiger partial charge on any atom is 0.279 e. The molecule has 2 amide bonds. The maximum absolute atomic E-state index is 12.5. The Labute approximate surface area is 127 Å². The van der Waals surface area contributed by atoms with E-state index in [0.717, 1.165) is 0 Å². The number of carbonyl (C=O) groups excluding carboxylic acids is 2. The molecule has 0 saturated heterocycles. The number of aromatic nitrogens is 2. The molecule has 1 aliphatic rings. The summed E-state index contributed by atoms with van der Waals surface area (Å²) in [7, 11) is 0. The number of benzene rings is 1. The van der Waals surface area contributed by atoms with Gasteiger partial charge in [0.05, 0.1) is 5.69 Å². The Morgan fingerprint density at radius 2 is 2.18 bits per heavy atom. The second-order valence-electron chi connectivity index (χ2n) is 5.10. The van der Waals surface area contributed by atoms with Crippen LogP contribution in [-0.4, -0.2) is 27.2 Å². The molecule has 3 rings (SSSR count). The molecule has 1 aliphatic heterocycles. The van der Waals surface area contributed by atoms with Crippen molar-refractivity contribution < 1.29 is 14.3 Å². The monoisotopic (exact) mass is 300 g/mol. The zero-order valence-corrected chi connectivity index (χ0v) is 12.3. The second-order valence-corrected chi connectivity index (χ2v) is 5.10. The van der Waals surface area contributed by atoms with E-state index in [-0.39, 0.29) is 0 Å². The van der Waals surface area contributed by atoms with Gasteiger partial charge >= 0.3 is 0 Å². The lowest BCUT2D eigenvalue weighted by Crippen LogP contribution is -2.56. The van der Waals surface area contributed by atoms with E-state index in [2.05, 4.69) is 15.7 Å². The van der Waals surface area contributed by atoms with Crippen LogP contribution in [0.2, 0.25) is 0 Å². The van der Waals surface area contributed by atoms with Crippen molar-refractivity contribution in [3.05, 3.63) is 36.5 Å². The molecule has 2 aromatic rings. The maximum atomic E-state index is 12.5. The number of aryl methyl sites for hydroxylation is 1. The van der Waals surface area contributed by atoms with Gasteiger partial charge in [0.2, 0.25) is 0 Å². The highest BCUT2D eigenvalue weighted by molar-refractivity contribution is 6.18. The molecule has 0 radical (unpaired) electrons. The molecule has 0 aliphatic carbocycles. The van der Waals surface area contributed by atoms with E-state index in [1.54, 1.807) is 41.2 Å². The molecular weight excluding hydrogens is 284 g/mol. The van der Waals surface area contributed by atoms with Gasteiger partial charge in [-0.3, -0.25) is 14.3 Å². The molecule has 22 heavy (non-hydrogen) atoms. The van der Waals surface area contributed by atoms with Crippen LogP contribution in [0.4, 0.5) is 11.5 Å². The molecule has 0 fully saturated rings. The summed E-state index contributed by atoms with van der Waals surface area (Å²) >= 11 is 0. The van der Waals surface area contributed by atoms with Gasteiger partial charge in [0.1, 0.15) is 5.75 Å². The van der Waals surface area contributed by atoms with Crippen molar-refractivity contribution in [1.29, 1.82) is 0 Å². The Morgan fingerprint density at radius 1 is 1.41 bits per heavy atom. The number of ether oxygens (including phenoxy) is 1. The number of hydrogen-bond donors (Lipinski definition) is 2. The first-order valence-corrected chi connectivity index (χ1v) is 6.97. The highest BCUT2D eigenvalue weighted by atomic mass is 16.5. The first-order valence-electron chi connectivity index (χ1n) is 6.97. The molecule has 0 saturated carbocycles. The lowest BCUT2D eigenvalue weighted by atomic mass is 10.0. The number of rotatable bonds is 3. The van der Waals surface area contributed by atoms with Crippen molar-refractivity contribution in [3.63, 3.8) is 0 Å².